The molecule has 0 atom stereocenters. The zero-order valence-corrected chi connectivity index (χ0v) is 14.1. The Morgan fingerprint density at radius 2 is 1.83 bits per heavy atom. The first-order valence-electron chi connectivity index (χ1n) is 6.81. The lowest BCUT2D eigenvalue weighted by Gasteiger charge is -2.09. The number of nitrogens with one attached hydrogen (secondary N) is 1. The third-order valence-electron chi connectivity index (χ3n) is 3.60. The summed E-state index contributed by atoms with van der Waals surface area (Å²) in [4.78, 5) is 12.3. The van der Waals surface area contributed by atoms with E-state index in [9.17, 15) is 9.90 Å². The van der Waals surface area contributed by atoms with Crippen LogP contribution < -0.4 is 14.8 Å². The SMILES string of the molecule is COc1cc2c(cc1OC)C(=Cc1cc(Br)ccc1O)C(=O)N2. The van der Waals surface area contributed by atoms with Crippen LogP contribution in [0.4, 0.5) is 5.69 Å². The molecule has 6 heteroatoms. The Morgan fingerprint density at radius 1 is 1.13 bits per heavy atom. The van der Waals surface area contributed by atoms with Gasteiger partial charge in [0.1, 0.15) is 5.75 Å². The molecule has 0 aromatic heterocycles. The molecule has 1 aliphatic rings. The first-order valence-corrected chi connectivity index (χ1v) is 7.60. The number of amides is 1. The van der Waals surface area contributed by atoms with Gasteiger partial charge < -0.3 is 19.9 Å². The van der Waals surface area contributed by atoms with E-state index in [1.165, 1.54) is 14.2 Å². The van der Waals surface area contributed by atoms with Crippen molar-refractivity contribution in [3.63, 3.8) is 0 Å². The minimum atomic E-state index is -0.241. The van der Waals surface area contributed by atoms with Crippen molar-refractivity contribution in [1.29, 1.82) is 0 Å². The Bertz CT molecular complexity index is 830. The topological polar surface area (TPSA) is 67.8 Å². The summed E-state index contributed by atoms with van der Waals surface area (Å²) in [6.45, 7) is 0. The Morgan fingerprint density at radius 3 is 2.52 bits per heavy atom. The number of phenols is 1. The lowest BCUT2D eigenvalue weighted by molar-refractivity contribution is -0.110. The number of hydrogen-bond acceptors (Lipinski definition) is 4. The van der Waals surface area contributed by atoms with Gasteiger partial charge in [0.15, 0.2) is 11.5 Å². The zero-order chi connectivity index (χ0) is 16.6. The second kappa shape index (κ2) is 5.96. The fourth-order valence-electron chi connectivity index (χ4n) is 2.46. The molecule has 0 saturated heterocycles. The number of aromatic hydroxyl groups is 1. The van der Waals surface area contributed by atoms with E-state index in [4.69, 9.17) is 9.47 Å². The van der Waals surface area contributed by atoms with Gasteiger partial charge in [0.05, 0.1) is 19.9 Å². The van der Waals surface area contributed by atoms with E-state index in [1.54, 1.807) is 36.4 Å². The van der Waals surface area contributed by atoms with Crippen molar-refractivity contribution in [2.75, 3.05) is 19.5 Å². The molecule has 3 rings (SSSR count). The van der Waals surface area contributed by atoms with Gasteiger partial charge in [-0.15, -0.1) is 0 Å². The van der Waals surface area contributed by atoms with Crippen molar-refractivity contribution in [3.05, 3.63) is 45.9 Å². The predicted octanol–water partition coefficient (Wildman–Crippen LogP) is 3.66. The van der Waals surface area contributed by atoms with Crippen LogP contribution in [0.25, 0.3) is 11.6 Å². The molecule has 1 heterocycles. The van der Waals surface area contributed by atoms with Crippen molar-refractivity contribution in [1.82, 2.24) is 0 Å². The van der Waals surface area contributed by atoms with Crippen LogP contribution in [0.2, 0.25) is 0 Å². The van der Waals surface area contributed by atoms with Crippen LogP contribution in [0.15, 0.2) is 34.8 Å². The molecule has 0 bridgehead atoms. The molecule has 0 fully saturated rings. The Balaban J connectivity index is 2.15. The minimum Gasteiger partial charge on any atom is -0.507 e. The highest BCUT2D eigenvalue weighted by atomic mass is 79.9. The van der Waals surface area contributed by atoms with Crippen molar-refractivity contribution >= 4 is 39.2 Å². The number of benzene rings is 2. The average molecular weight is 376 g/mol. The fourth-order valence-corrected chi connectivity index (χ4v) is 2.84. The molecule has 1 amide bonds. The van der Waals surface area contributed by atoms with E-state index in [0.29, 0.717) is 33.9 Å². The Kier molecular flexibility index (Phi) is 4.00. The number of hydrogen-bond donors (Lipinski definition) is 2. The highest BCUT2D eigenvalue weighted by Crippen LogP contribution is 2.41. The second-order valence-corrected chi connectivity index (χ2v) is 5.88. The van der Waals surface area contributed by atoms with Crippen LogP contribution in [-0.2, 0) is 4.79 Å². The van der Waals surface area contributed by atoms with Crippen molar-refractivity contribution in [3.8, 4) is 17.2 Å². The third-order valence-corrected chi connectivity index (χ3v) is 4.09. The summed E-state index contributed by atoms with van der Waals surface area (Å²) in [6, 6.07) is 8.50. The monoisotopic (exact) mass is 375 g/mol. The van der Waals surface area contributed by atoms with E-state index >= 15 is 0 Å². The summed E-state index contributed by atoms with van der Waals surface area (Å²) in [7, 11) is 3.08. The van der Waals surface area contributed by atoms with Crippen molar-refractivity contribution < 1.29 is 19.4 Å². The number of phenolic OH excluding ortho intramolecular Hbond substituents is 1. The van der Waals surface area contributed by atoms with Gasteiger partial charge in [-0.3, -0.25) is 4.79 Å². The summed E-state index contributed by atoms with van der Waals surface area (Å²) in [6.07, 6.45) is 1.65. The molecule has 0 spiro atoms. The molecule has 23 heavy (non-hydrogen) atoms. The standard InChI is InChI=1S/C17H14BrNO4/c1-22-15-7-11-12(6-9-5-10(18)3-4-14(9)20)17(21)19-13(11)8-16(15)23-2/h3-8,20H,1-2H3,(H,19,21). The molecule has 2 aromatic rings. The molecule has 0 aliphatic carbocycles. The minimum absolute atomic E-state index is 0.0995. The number of methoxy groups -OCH3 is 2. The van der Waals surface area contributed by atoms with Crippen molar-refractivity contribution in [2.24, 2.45) is 0 Å². The molecular weight excluding hydrogens is 362 g/mol. The van der Waals surface area contributed by atoms with Crippen LogP contribution in [-0.4, -0.2) is 25.2 Å². The summed E-state index contributed by atoms with van der Waals surface area (Å²) in [5.41, 5.74) is 2.35. The van der Waals surface area contributed by atoms with Crippen LogP contribution in [0, 0.1) is 0 Å². The van der Waals surface area contributed by atoms with E-state index in [1.807, 2.05) is 0 Å². The lowest BCUT2D eigenvalue weighted by atomic mass is 10.0. The van der Waals surface area contributed by atoms with Crippen LogP contribution in [0.3, 0.4) is 0 Å². The highest BCUT2D eigenvalue weighted by Gasteiger charge is 2.26. The average Bonchev–Trinajstić information content (AvgIpc) is 2.84. The maximum Gasteiger partial charge on any atom is 0.256 e. The van der Waals surface area contributed by atoms with Crippen molar-refractivity contribution in [2.45, 2.75) is 0 Å². The summed E-state index contributed by atoms with van der Waals surface area (Å²) in [5.74, 6) is 0.933. The second-order valence-electron chi connectivity index (χ2n) is 4.97. The first-order chi connectivity index (χ1) is 11.0. The van der Waals surface area contributed by atoms with Gasteiger partial charge in [-0.05, 0) is 30.3 Å². The quantitative estimate of drug-likeness (QED) is 0.803. The molecule has 5 nitrogen and oxygen atoms in total. The molecule has 2 N–H and O–H groups in total. The van der Waals surface area contributed by atoms with Gasteiger partial charge in [0.25, 0.3) is 5.91 Å². The van der Waals surface area contributed by atoms with Gasteiger partial charge in [0.2, 0.25) is 0 Å². The largest absolute Gasteiger partial charge is 0.507 e. The van der Waals surface area contributed by atoms with E-state index < -0.39 is 0 Å². The van der Waals surface area contributed by atoms with Crippen LogP contribution >= 0.6 is 15.9 Å². The van der Waals surface area contributed by atoms with Gasteiger partial charge >= 0.3 is 0 Å². The van der Waals surface area contributed by atoms with E-state index in [-0.39, 0.29) is 11.7 Å². The first kappa shape index (κ1) is 15.4. The Labute approximate surface area is 141 Å². The van der Waals surface area contributed by atoms with Crippen LogP contribution in [0.5, 0.6) is 17.2 Å². The number of carbonyl (C=O) groups is 1. The molecule has 0 radical (unpaired) electrons. The molecule has 1 aliphatic heterocycles. The molecule has 0 saturated carbocycles. The summed E-state index contributed by atoms with van der Waals surface area (Å²) >= 11 is 3.36. The number of halogens is 1. The molecule has 118 valence electrons. The number of anilines is 1. The summed E-state index contributed by atoms with van der Waals surface area (Å²) in [5, 5.41) is 12.8. The lowest BCUT2D eigenvalue weighted by Crippen LogP contribution is -2.03. The van der Waals surface area contributed by atoms with E-state index in [2.05, 4.69) is 21.2 Å². The molecular formula is C17H14BrNO4. The van der Waals surface area contributed by atoms with Gasteiger partial charge in [0, 0.05) is 27.2 Å². The molecule has 0 unspecified atom stereocenters. The van der Waals surface area contributed by atoms with Gasteiger partial charge in [-0.1, -0.05) is 15.9 Å². The number of fused-ring (bicyclic) bond motifs is 1. The summed E-state index contributed by atoms with van der Waals surface area (Å²) < 4.78 is 11.3. The van der Waals surface area contributed by atoms with Crippen LogP contribution in [0.1, 0.15) is 11.1 Å². The Hall–Kier alpha value is -2.47. The fraction of sp³-hybridized carbons (Fsp3) is 0.118. The zero-order valence-electron chi connectivity index (χ0n) is 12.5. The van der Waals surface area contributed by atoms with Gasteiger partial charge in [-0.2, -0.15) is 0 Å². The maximum absolute atomic E-state index is 12.3. The number of carbonyl (C=O) groups excluding carboxylic acids is 1. The predicted molar refractivity (Wildman–Crippen MR) is 91.9 cm³/mol. The highest BCUT2D eigenvalue weighted by molar-refractivity contribution is 9.10. The number of rotatable bonds is 3. The van der Waals surface area contributed by atoms with Gasteiger partial charge in [-0.25, -0.2) is 0 Å². The normalized spacial score (nSPS) is 14.6. The maximum atomic E-state index is 12.3. The number of ether oxygens (including phenoxy) is 2. The molecule has 2 aromatic carbocycles. The van der Waals surface area contributed by atoms with E-state index in [0.717, 1.165) is 4.47 Å². The third kappa shape index (κ3) is 2.77. The smallest absolute Gasteiger partial charge is 0.256 e.